The Morgan fingerprint density at radius 2 is 1.78 bits per heavy atom. The van der Waals surface area contributed by atoms with Gasteiger partial charge in [0.25, 0.3) is 0 Å². The number of ether oxygens (including phenoxy) is 3. The maximum Gasteiger partial charge on any atom is 0.223 e. The first kappa shape index (κ1) is 34.2. The summed E-state index contributed by atoms with van der Waals surface area (Å²) in [5.41, 5.74) is 4.66. The number of pyridine rings is 1. The van der Waals surface area contributed by atoms with Gasteiger partial charge in [0, 0.05) is 36.1 Å². The molecule has 0 aliphatic rings. The molecule has 0 saturated heterocycles. The molecule has 4 rings (SSSR count). The predicted molar refractivity (Wildman–Crippen MR) is 172 cm³/mol. The number of nitrogens with zero attached hydrogens (tertiary/aromatic N) is 2. The third-order valence-corrected chi connectivity index (χ3v) is 7.61. The molecule has 0 bridgehead atoms. The van der Waals surface area contributed by atoms with Gasteiger partial charge in [-0.2, -0.15) is 5.26 Å². The van der Waals surface area contributed by atoms with Crippen molar-refractivity contribution >= 4 is 35.4 Å². The van der Waals surface area contributed by atoms with Crippen LogP contribution in [-0.4, -0.2) is 53.3 Å². The largest absolute Gasteiger partial charge is 0.491 e. The molecule has 3 N–H and O–H groups in total. The number of aldehydes is 1. The molecule has 12 heteroatoms. The zero-order valence-electron chi connectivity index (χ0n) is 24.8. The third-order valence-electron chi connectivity index (χ3n) is 6.92. The van der Waals surface area contributed by atoms with Crippen molar-refractivity contribution in [1.29, 1.82) is 5.26 Å². The van der Waals surface area contributed by atoms with E-state index in [-0.39, 0.29) is 55.0 Å². The van der Waals surface area contributed by atoms with Gasteiger partial charge in [-0.25, -0.2) is 0 Å². The molecule has 238 valence electrons. The highest BCUT2D eigenvalue weighted by Gasteiger charge is 2.16. The van der Waals surface area contributed by atoms with Gasteiger partial charge in [-0.3, -0.25) is 14.6 Å². The number of halogens is 2. The van der Waals surface area contributed by atoms with Crippen LogP contribution in [0.5, 0.6) is 17.2 Å². The van der Waals surface area contributed by atoms with Gasteiger partial charge in [-0.1, -0.05) is 53.5 Å². The molecule has 1 amide bonds. The normalized spacial score (nSPS) is 11.3. The number of aliphatic hydroxyl groups excluding tert-OH is 2. The van der Waals surface area contributed by atoms with Crippen LogP contribution in [-0.2, 0) is 18.0 Å². The molecule has 0 saturated carbocycles. The highest BCUT2D eigenvalue weighted by atomic mass is 35.5. The quantitative estimate of drug-likeness (QED) is 0.141. The van der Waals surface area contributed by atoms with Crippen LogP contribution in [0, 0.1) is 18.3 Å². The molecule has 46 heavy (non-hydrogen) atoms. The maximum absolute atomic E-state index is 12.0. The first-order valence-corrected chi connectivity index (χ1v) is 14.9. The van der Waals surface area contributed by atoms with E-state index in [2.05, 4.69) is 10.3 Å². The summed E-state index contributed by atoms with van der Waals surface area (Å²) >= 11 is 13.2. The van der Waals surface area contributed by atoms with E-state index in [1.54, 1.807) is 30.5 Å². The van der Waals surface area contributed by atoms with Crippen molar-refractivity contribution in [3.05, 3.63) is 105 Å². The van der Waals surface area contributed by atoms with E-state index in [1.165, 1.54) is 12.3 Å². The Morgan fingerprint density at radius 3 is 2.54 bits per heavy atom. The summed E-state index contributed by atoms with van der Waals surface area (Å²) in [6.07, 6.45) is 2.69. The molecule has 10 nitrogen and oxygen atoms in total. The van der Waals surface area contributed by atoms with Crippen molar-refractivity contribution in [2.24, 2.45) is 0 Å². The van der Waals surface area contributed by atoms with E-state index in [1.807, 2.05) is 37.3 Å². The molecule has 0 radical (unpaired) electrons. The van der Waals surface area contributed by atoms with Crippen LogP contribution in [0.1, 0.15) is 39.0 Å². The van der Waals surface area contributed by atoms with Crippen LogP contribution in [0.15, 0.2) is 67.0 Å². The zero-order chi connectivity index (χ0) is 33.1. The monoisotopic (exact) mass is 663 g/mol. The average molecular weight is 665 g/mol. The van der Waals surface area contributed by atoms with Crippen LogP contribution < -0.4 is 19.5 Å². The van der Waals surface area contributed by atoms with Crippen LogP contribution in [0.4, 0.5) is 0 Å². The summed E-state index contributed by atoms with van der Waals surface area (Å²) in [4.78, 5) is 27.7. The van der Waals surface area contributed by atoms with Gasteiger partial charge in [0.15, 0.2) is 6.29 Å². The van der Waals surface area contributed by atoms with Crippen molar-refractivity contribution in [2.75, 3.05) is 19.8 Å². The summed E-state index contributed by atoms with van der Waals surface area (Å²) in [7, 11) is 0. The van der Waals surface area contributed by atoms with E-state index in [0.717, 1.165) is 22.3 Å². The average Bonchev–Trinajstić information content (AvgIpc) is 3.07. The molecule has 0 aliphatic carbocycles. The van der Waals surface area contributed by atoms with Crippen molar-refractivity contribution in [3.63, 3.8) is 0 Å². The Hall–Kier alpha value is -4.66. The van der Waals surface area contributed by atoms with Crippen LogP contribution in [0.25, 0.3) is 11.1 Å². The van der Waals surface area contributed by atoms with Gasteiger partial charge in [-0.15, -0.1) is 0 Å². The maximum atomic E-state index is 12.0. The van der Waals surface area contributed by atoms with E-state index >= 15 is 0 Å². The molecule has 0 unspecified atom stereocenters. The number of carbonyl (C=O) groups is 2. The number of carbonyl (C=O) groups excluding carboxylic acids is 2. The fraction of sp³-hybridized carbons (Fsp3) is 0.235. The molecule has 0 fully saturated rings. The Labute approximate surface area is 276 Å². The van der Waals surface area contributed by atoms with Crippen molar-refractivity contribution in [3.8, 4) is 34.4 Å². The van der Waals surface area contributed by atoms with Gasteiger partial charge >= 0.3 is 0 Å². The smallest absolute Gasteiger partial charge is 0.223 e. The van der Waals surface area contributed by atoms with Crippen LogP contribution in [0.3, 0.4) is 0 Å². The Kier molecular flexibility index (Phi) is 12.3. The highest BCUT2D eigenvalue weighted by Crippen LogP contribution is 2.38. The Bertz CT molecular complexity index is 1740. The van der Waals surface area contributed by atoms with Crippen molar-refractivity contribution in [1.82, 2.24) is 10.3 Å². The molecular formula is C34H31Cl2N3O7. The lowest BCUT2D eigenvalue weighted by Crippen LogP contribution is -2.34. The molecule has 4 aromatic rings. The fourth-order valence-electron chi connectivity index (χ4n) is 4.42. The lowest BCUT2D eigenvalue weighted by molar-refractivity contribution is -0.122. The minimum atomic E-state index is -1.02. The summed E-state index contributed by atoms with van der Waals surface area (Å²) in [5.74, 6) is 0.670. The number of aromatic nitrogens is 1. The third kappa shape index (κ3) is 8.96. The molecule has 1 atom stereocenters. The van der Waals surface area contributed by atoms with Gasteiger partial charge in [-0.05, 0) is 41.8 Å². The Morgan fingerprint density at radius 1 is 1.02 bits per heavy atom. The summed E-state index contributed by atoms with van der Waals surface area (Å²) in [6.45, 7) is 1.75. The van der Waals surface area contributed by atoms with Crippen molar-refractivity contribution in [2.45, 2.75) is 32.7 Å². The summed E-state index contributed by atoms with van der Waals surface area (Å²) < 4.78 is 17.7. The zero-order valence-corrected chi connectivity index (χ0v) is 26.3. The van der Waals surface area contributed by atoms with Gasteiger partial charge in [0.05, 0.1) is 46.9 Å². The lowest BCUT2D eigenvalue weighted by Gasteiger charge is -2.17. The van der Waals surface area contributed by atoms with Crippen LogP contribution >= 0.6 is 23.2 Å². The van der Waals surface area contributed by atoms with Gasteiger partial charge in [0.2, 0.25) is 5.91 Å². The minimum Gasteiger partial charge on any atom is -0.491 e. The topological polar surface area (TPSA) is 151 Å². The lowest BCUT2D eigenvalue weighted by atomic mass is 9.96. The van der Waals surface area contributed by atoms with Gasteiger partial charge < -0.3 is 29.7 Å². The summed E-state index contributed by atoms with van der Waals surface area (Å²) in [6, 6.07) is 17.8. The molecule has 1 aromatic heterocycles. The SMILES string of the molecule is Cc1c(COc2cc(OCc3cncc(C#N)c3)c(C=O)cc2Cl)cccc1-c1cccc(OCCC(=O)NC[C@H](O)CO)c1Cl. The number of aliphatic hydroxyl groups is 2. The van der Waals surface area contributed by atoms with E-state index in [4.69, 9.17) is 47.8 Å². The first-order valence-electron chi connectivity index (χ1n) is 14.2. The van der Waals surface area contributed by atoms with E-state index < -0.39 is 12.7 Å². The number of nitrogens with one attached hydrogen (secondary N) is 1. The number of amides is 1. The highest BCUT2D eigenvalue weighted by molar-refractivity contribution is 6.35. The van der Waals surface area contributed by atoms with E-state index in [0.29, 0.717) is 33.9 Å². The second kappa shape index (κ2) is 16.6. The molecule has 0 aliphatic heterocycles. The number of hydrogen-bond acceptors (Lipinski definition) is 9. The molecule has 3 aromatic carbocycles. The van der Waals surface area contributed by atoms with Gasteiger partial charge in [0.1, 0.15) is 36.5 Å². The number of nitriles is 1. The second-order valence-corrected chi connectivity index (χ2v) is 10.9. The molecule has 0 spiro atoms. The second-order valence-electron chi connectivity index (χ2n) is 10.2. The Balaban J connectivity index is 1.45. The number of rotatable bonds is 15. The number of hydrogen-bond donors (Lipinski definition) is 3. The van der Waals surface area contributed by atoms with Crippen molar-refractivity contribution < 1.29 is 34.0 Å². The fourth-order valence-corrected chi connectivity index (χ4v) is 4.93. The first-order chi connectivity index (χ1) is 22.2. The molecular weight excluding hydrogens is 633 g/mol. The number of benzene rings is 3. The molecule has 1 heterocycles. The predicted octanol–water partition coefficient (Wildman–Crippen LogP) is 5.44. The van der Waals surface area contributed by atoms with E-state index in [9.17, 15) is 14.7 Å². The standard InChI is InChI=1S/C34H31Cl2N3O7/c1-21-24(20-46-32-12-31(25(17-40)11-29(32)35)45-19-23-10-22(13-37)14-38-15-23)4-2-5-27(21)28-6-3-7-30(34(28)36)44-9-8-33(43)39-16-26(42)18-41/h2-7,10-12,14-15,17,26,41-42H,8-9,16,18-20H2,1H3,(H,39,43)/t26-/m0/s1. The minimum absolute atomic E-state index is 0.0410. The summed E-state index contributed by atoms with van der Waals surface area (Å²) in [5, 5.41) is 30.5. The van der Waals surface area contributed by atoms with Crippen LogP contribution in [0.2, 0.25) is 10.0 Å².